The van der Waals surface area contributed by atoms with Gasteiger partial charge in [-0.25, -0.2) is 4.79 Å². The van der Waals surface area contributed by atoms with E-state index in [1.807, 2.05) is 48.5 Å². The van der Waals surface area contributed by atoms with Gasteiger partial charge in [0.05, 0.1) is 5.60 Å². The lowest BCUT2D eigenvalue weighted by atomic mass is 9.72. The second-order valence-corrected chi connectivity index (χ2v) is 12.1. The highest BCUT2D eigenvalue weighted by Gasteiger charge is 2.52. The monoisotopic (exact) mass is 570 g/mol. The fourth-order valence-electron chi connectivity index (χ4n) is 5.69. The maximum atomic E-state index is 13.4. The highest BCUT2D eigenvalue weighted by molar-refractivity contribution is 5.92. The van der Waals surface area contributed by atoms with Crippen LogP contribution in [0, 0.1) is 11.3 Å². The number of nitrogens with one attached hydrogen (secondary N) is 1. The molecule has 1 aromatic heterocycles. The van der Waals surface area contributed by atoms with E-state index in [0.29, 0.717) is 43.7 Å². The summed E-state index contributed by atoms with van der Waals surface area (Å²) < 4.78 is 42.4. The van der Waals surface area contributed by atoms with Gasteiger partial charge in [0.1, 0.15) is 0 Å². The van der Waals surface area contributed by atoms with Crippen molar-refractivity contribution in [1.29, 1.82) is 0 Å². The van der Waals surface area contributed by atoms with Crippen LogP contribution >= 0.6 is 0 Å². The molecule has 2 fully saturated rings. The molecule has 0 bridgehead atoms. The molecule has 2 N–H and O–H groups in total. The van der Waals surface area contributed by atoms with Gasteiger partial charge in [-0.05, 0) is 92.5 Å². The number of urea groups is 1. The molecule has 10 heteroatoms. The number of anilines is 1. The van der Waals surface area contributed by atoms with Crippen LogP contribution in [0.1, 0.15) is 76.1 Å². The first-order valence-electron chi connectivity index (χ1n) is 14.3. The predicted octanol–water partition coefficient (Wildman–Crippen LogP) is 7.10. The summed E-state index contributed by atoms with van der Waals surface area (Å²) in [6, 6.07) is 15.4. The summed E-state index contributed by atoms with van der Waals surface area (Å²) in [5.41, 5.74) is 3.16. The van der Waals surface area contributed by atoms with Crippen LogP contribution in [0.5, 0.6) is 0 Å². The van der Waals surface area contributed by atoms with E-state index < -0.39 is 17.7 Å². The number of nitrogens with zero attached hydrogens (tertiary/aromatic N) is 3. The Morgan fingerprint density at radius 1 is 1.07 bits per heavy atom. The molecule has 2 aromatic carbocycles. The second kappa shape index (κ2) is 11.5. The lowest BCUT2D eigenvalue weighted by Crippen LogP contribution is -2.44. The SMILES string of the molecule is CC(C)(O)c1ccc(-c2cccc(N(CCCCCc3noc(C(F)(F)F)n3)C(=O)NCC3CC4(CC4)C3)c2)cc1. The number of aromatic nitrogens is 2. The number of alkyl halides is 3. The van der Waals surface area contributed by atoms with Gasteiger partial charge in [0.15, 0.2) is 5.82 Å². The number of rotatable bonds is 11. The summed E-state index contributed by atoms with van der Waals surface area (Å²) in [7, 11) is 0. The van der Waals surface area contributed by atoms with Gasteiger partial charge in [-0.15, -0.1) is 0 Å². The number of hydrogen-bond acceptors (Lipinski definition) is 5. The van der Waals surface area contributed by atoms with E-state index in [1.165, 1.54) is 25.7 Å². The summed E-state index contributed by atoms with van der Waals surface area (Å²) in [6.45, 7) is 4.61. The molecule has 5 rings (SSSR count). The van der Waals surface area contributed by atoms with Crippen molar-refractivity contribution in [2.45, 2.75) is 77.0 Å². The van der Waals surface area contributed by atoms with Gasteiger partial charge in [-0.1, -0.05) is 48.0 Å². The van der Waals surface area contributed by atoms with Gasteiger partial charge in [0, 0.05) is 25.2 Å². The first-order valence-corrected chi connectivity index (χ1v) is 14.3. The van der Waals surface area contributed by atoms with Crippen LogP contribution in [0.4, 0.5) is 23.7 Å². The first kappa shape index (κ1) is 29.1. The van der Waals surface area contributed by atoms with E-state index in [0.717, 1.165) is 22.4 Å². The summed E-state index contributed by atoms with van der Waals surface area (Å²) >= 11 is 0. The third-order valence-electron chi connectivity index (χ3n) is 8.26. The van der Waals surface area contributed by atoms with Crippen LogP contribution < -0.4 is 10.2 Å². The van der Waals surface area contributed by atoms with Crippen LogP contribution in [-0.4, -0.2) is 34.4 Å². The minimum atomic E-state index is -4.65. The standard InChI is InChI=1S/C31H37F3N4O3/c1-29(2,40)24-12-10-22(11-13-24)23-7-6-8-25(17-23)38(28(39)35-20-21-18-30(19-21)14-15-30)16-5-3-4-9-26-36-27(41-37-26)31(32,33)34/h6-8,10-13,17,21,40H,3-5,9,14-16,18-20H2,1-2H3,(H,35,39). The van der Waals surface area contributed by atoms with Crippen LogP contribution in [0.15, 0.2) is 53.1 Å². The number of carbonyl (C=O) groups excluding carboxylic acids is 1. The lowest BCUT2D eigenvalue weighted by molar-refractivity contribution is -0.159. The van der Waals surface area contributed by atoms with Crippen molar-refractivity contribution >= 4 is 11.7 Å². The van der Waals surface area contributed by atoms with Gasteiger partial charge >= 0.3 is 18.1 Å². The van der Waals surface area contributed by atoms with E-state index in [9.17, 15) is 23.1 Å². The van der Waals surface area contributed by atoms with Gasteiger partial charge < -0.3 is 14.9 Å². The molecule has 0 atom stereocenters. The molecule has 41 heavy (non-hydrogen) atoms. The third-order valence-corrected chi connectivity index (χ3v) is 8.26. The Hall–Kier alpha value is -3.40. The summed E-state index contributed by atoms with van der Waals surface area (Å²) in [5, 5.41) is 16.8. The van der Waals surface area contributed by atoms with Crippen molar-refractivity contribution < 1.29 is 27.6 Å². The van der Waals surface area contributed by atoms with E-state index >= 15 is 0 Å². The molecule has 0 radical (unpaired) electrons. The molecule has 2 aliphatic rings. The molecular weight excluding hydrogens is 533 g/mol. The van der Waals surface area contributed by atoms with Gasteiger partial charge in [-0.2, -0.15) is 18.2 Å². The minimum Gasteiger partial charge on any atom is -0.386 e. The Morgan fingerprint density at radius 2 is 1.80 bits per heavy atom. The molecule has 7 nitrogen and oxygen atoms in total. The average molecular weight is 571 g/mol. The van der Waals surface area contributed by atoms with Crippen molar-refractivity contribution in [3.05, 3.63) is 65.8 Å². The quantitative estimate of drug-likeness (QED) is 0.240. The fraction of sp³-hybridized carbons (Fsp3) is 0.516. The topological polar surface area (TPSA) is 91.5 Å². The highest BCUT2D eigenvalue weighted by atomic mass is 19.4. The number of carbonyl (C=O) groups is 1. The molecule has 2 saturated carbocycles. The number of unbranched alkanes of at least 4 members (excludes halogenated alkanes) is 2. The Bertz CT molecular complexity index is 1340. The lowest BCUT2D eigenvalue weighted by Gasteiger charge is -2.36. The summed E-state index contributed by atoms with van der Waals surface area (Å²) in [5.74, 6) is -0.770. The predicted molar refractivity (Wildman–Crippen MR) is 149 cm³/mol. The van der Waals surface area contributed by atoms with E-state index in [4.69, 9.17) is 0 Å². The normalized spacial score (nSPS) is 16.4. The molecule has 3 aromatic rings. The number of benzene rings is 2. The zero-order valence-electron chi connectivity index (χ0n) is 23.5. The molecule has 1 heterocycles. The molecule has 0 unspecified atom stereocenters. The average Bonchev–Trinajstić information content (AvgIpc) is 3.56. The highest BCUT2D eigenvalue weighted by Crippen LogP contribution is 2.63. The van der Waals surface area contributed by atoms with Crippen LogP contribution in [0.25, 0.3) is 11.1 Å². The van der Waals surface area contributed by atoms with Crippen molar-refractivity contribution in [2.75, 3.05) is 18.0 Å². The van der Waals surface area contributed by atoms with E-state index in [-0.39, 0.29) is 18.3 Å². The van der Waals surface area contributed by atoms with E-state index in [1.54, 1.807) is 18.7 Å². The molecule has 0 aliphatic heterocycles. The summed E-state index contributed by atoms with van der Waals surface area (Å²) in [4.78, 5) is 18.6. The maximum Gasteiger partial charge on any atom is 0.471 e. The van der Waals surface area contributed by atoms with E-state index in [2.05, 4.69) is 20.0 Å². The fourth-order valence-corrected chi connectivity index (χ4v) is 5.69. The summed E-state index contributed by atoms with van der Waals surface area (Å²) in [6.07, 6.45) is 2.55. The number of hydrogen-bond donors (Lipinski definition) is 2. The second-order valence-electron chi connectivity index (χ2n) is 12.1. The molecule has 220 valence electrons. The Labute approximate surface area is 238 Å². The van der Waals surface area contributed by atoms with Gasteiger partial charge in [-0.3, -0.25) is 4.90 Å². The maximum absolute atomic E-state index is 13.4. The number of amides is 2. The van der Waals surface area contributed by atoms with Crippen molar-refractivity contribution in [3.8, 4) is 11.1 Å². The molecule has 0 saturated heterocycles. The minimum absolute atomic E-state index is 0.0316. The van der Waals surface area contributed by atoms with Crippen LogP contribution in [-0.2, 0) is 18.2 Å². The zero-order chi connectivity index (χ0) is 29.3. The Kier molecular flexibility index (Phi) is 8.14. The first-order chi connectivity index (χ1) is 19.4. The largest absolute Gasteiger partial charge is 0.471 e. The smallest absolute Gasteiger partial charge is 0.386 e. The Morgan fingerprint density at radius 3 is 2.44 bits per heavy atom. The zero-order valence-corrected chi connectivity index (χ0v) is 23.5. The van der Waals surface area contributed by atoms with Crippen molar-refractivity contribution in [3.63, 3.8) is 0 Å². The van der Waals surface area contributed by atoms with Crippen molar-refractivity contribution in [1.82, 2.24) is 15.5 Å². The van der Waals surface area contributed by atoms with Gasteiger partial charge in [0.2, 0.25) is 0 Å². The molecular formula is C31H37F3N4O3. The van der Waals surface area contributed by atoms with Crippen molar-refractivity contribution in [2.24, 2.45) is 11.3 Å². The third kappa shape index (κ3) is 7.28. The van der Waals surface area contributed by atoms with Crippen LogP contribution in [0.2, 0.25) is 0 Å². The number of aliphatic hydroxyl groups is 1. The Balaban J connectivity index is 1.22. The van der Waals surface area contributed by atoms with Gasteiger partial charge in [0.25, 0.3) is 0 Å². The van der Waals surface area contributed by atoms with Crippen LogP contribution in [0.3, 0.4) is 0 Å². The molecule has 2 amide bonds. The number of aryl methyl sites for hydroxylation is 1. The molecule has 1 spiro atoms. The molecule has 2 aliphatic carbocycles. The number of halogens is 3.